The Morgan fingerprint density at radius 3 is 2.50 bits per heavy atom. The standard InChI is InChI=1S/C12H11Cl2N3O2S/c1-3-9-16-17-12(20-9)15-11(18)6-4-7(13)10(19-2)8(14)5-6/h4-5H,3H2,1-2H3,(H,15,17,18). The molecule has 1 N–H and O–H groups in total. The van der Waals surface area contributed by atoms with Crippen LogP contribution in [0.2, 0.25) is 10.0 Å². The van der Waals surface area contributed by atoms with Crippen LogP contribution >= 0.6 is 34.5 Å². The highest BCUT2D eigenvalue weighted by Crippen LogP contribution is 2.34. The van der Waals surface area contributed by atoms with Crippen LogP contribution in [0.25, 0.3) is 0 Å². The van der Waals surface area contributed by atoms with Gasteiger partial charge in [0.25, 0.3) is 5.91 Å². The van der Waals surface area contributed by atoms with Gasteiger partial charge in [-0.15, -0.1) is 10.2 Å². The number of ether oxygens (including phenoxy) is 1. The maximum atomic E-state index is 12.1. The maximum Gasteiger partial charge on any atom is 0.257 e. The number of aromatic nitrogens is 2. The van der Waals surface area contributed by atoms with E-state index in [9.17, 15) is 4.79 Å². The summed E-state index contributed by atoms with van der Waals surface area (Å²) in [5.41, 5.74) is 0.328. The highest BCUT2D eigenvalue weighted by molar-refractivity contribution is 7.15. The van der Waals surface area contributed by atoms with Gasteiger partial charge in [0.05, 0.1) is 17.2 Å². The van der Waals surface area contributed by atoms with Gasteiger partial charge >= 0.3 is 0 Å². The molecule has 0 unspecified atom stereocenters. The van der Waals surface area contributed by atoms with E-state index >= 15 is 0 Å². The topological polar surface area (TPSA) is 64.1 Å². The lowest BCUT2D eigenvalue weighted by Crippen LogP contribution is -2.12. The summed E-state index contributed by atoms with van der Waals surface area (Å²) in [4.78, 5) is 12.1. The zero-order valence-electron chi connectivity index (χ0n) is 10.7. The monoisotopic (exact) mass is 331 g/mol. The number of halogens is 2. The van der Waals surface area contributed by atoms with Gasteiger partial charge in [-0.25, -0.2) is 0 Å². The molecule has 0 saturated heterocycles. The molecule has 0 aliphatic heterocycles. The second-order valence-electron chi connectivity index (χ2n) is 3.78. The Balaban J connectivity index is 2.21. The van der Waals surface area contributed by atoms with Gasteiger partial charge in [0.1, 0.15) is 5.01 Å². The van der Waals surface area contributed by atoms with Gasteiger partial charge < -0.3 is 4.74 Å². The van der Waals surface area contributed by atoms with E-state index in [4.69, 9.17) is 27.9 Å². The van der Waals surface area contributed by atoms with Crippen molar-refractivity contribution < 1.29 is 9.53 Å². The van der Waals surface area contributed by atoms with Gasteiger partial charge in [-0.3, -0.25) is 10.1 Å². The van der Waals surface area contributed by atoms with Gasteiger partial charge in [0.15, 0.2) is 5.75 Å². The summed E-state index contributed by atoms with van der Waals surface area (Å²) in [6, 6.07) is 2.98. The summed E-state index contributed by atoms with van der Waals surface area (Å²) in [6.45, 7) is 1.97. The molecule has 8 heteroatoms. The molecule has 1 amide bonds. The van der Waals surface area contributed by atoms with E-state index < -0.39 is 0 Å². The van der Waals surface area contributed by atoms with Gasteiger partial charge in [-0.2, -0.15) is 0 Å². The number of methoxy groups -OCH3 is 1. The smallest absolute Gasteiger partial charge is 0.257 e. The van der Waals surface area contributed by atoms with E-state index in [1.165, 1.54) is 30.6 Å². The van der Waals surface area contributed by atoms with Crippen LogP contribution in [0.4, 0.5) is 5.13 Å². The van der Waals surface area contributed by atoms with Crippen LogP contribution in [-0.4, -0.2) is 23.2 Å². The highest BCUT2D eigenvalue weighted by Gasteiger charge is 2.15. The molecular weight excluding hydrogens is 321 g/mol. The molecule has 1 aromatic heterocycles. The van der Waals surface area contributed by atoms with Crippen molar-refractivity contribution in [2.45, 2.75) is 13.3 Å². The summed E-state index contributed by atoms with van der Waals surface area (Å²) in [6.07, 6.45) is 0.772. The van der Waals surface area contributed by atoms with Crippen molar-refractivity contribution in [3.8, 4) is 5.75 Å². The number of nitrogens with one attached hydrogen (secondary N) is 1. The second kappa shape index (κ2) is 6.39. The molecule has 0 fully saturated rings. The first-order valence-electron chi connectivity index (χ1n) is 5.72. The lowest BCUT2D eigenvalue weighted by molar-refractivity contribution is 0.102. The molecule has 2 rings (SSSR count). The van der Waals surface area contributed by atoms with E-state index in [1.54, 1.807) is 0 Å². The van der Waals surface area contributed by atoms with Gasteiger partial charge in [-0.1, -0.05) is 41.5 Å². The largest absolute Gasteiger partial charge is 0.494 e. The number of amides is 1. The zero-order valence-corrected chi connectivity index (χ0v) is 13.1. The van der Waals surface area contributed by atoms with E-state index in [0.717, 1.165) is 11.4 Å². The molecule has 0 aliphatic carbocycles. The molecule has 0 radical (unpaired) electrons. The predicted molar refractivity (Wildman–Crippen MR) is 80.3 cm³/mol. The molecule has 1 aromatic carbocycles. The van der Waals surface area contributed by atoms with Crippen LogP contribution in [0.15, 0.2) is 12.1 Å². The molecule has 20 heavy (non-hydrogen) atoms. The van der Waals surface area contributed by atoms with Gasteiger partial charge in [0, 0.05) is 5.56 Å². The minimum atomic E-state index is -0.352. The molecule has 0 saturated carbocycles. The first-order valence-corrected chi connectivity index (χ1v) is 7.29. The molecule has 0 atom stereocenters. The Bertz CT molecular complexity index is 622. The van der Waals surface area contributed by atoms with Crippen LogP contribution in [0.1, 0.15) is 22.3 Å². The molecule has 106 valence electrons. The number of hydrogen-bond acceptors (Lipinski definition) is 5. The van der Waals surface area contributed by atoms with Crippen molar-refractivity contribution in [1.82, 2.24) is 10.2 Å². The van der Waals surface area contributed by atoms with Crippen molar-refractivity contribution in [3.05, 3.63) is 32.7 Å². The zero-order chi connectivity index (χ0) is 14.7. The second-order valence-corrected chi connectivity index (χ2v) is 5.66. The average molecular weight is 332 g/mol. The first-order chi connectivity index (χ1) is 9.55. The van der Waals surface area contributed by atoms with E-state index in [0.29, 0.717) is 16.4 Å². The van der Waals surface area contributed by atoms with Crippen molar-refractivity contribution in [2.75, 3.05) is 12.4 Å². The number of aryl methyl sites for hydroxylation is 1. The third-order valence-corrected chi connectivity index (χ3v) is 4.00. The summed E-state index contributed by atoms with van der Waals surface area (Å²) < 4.78 is 5.03. The van der Waals surface area contributed by atoms with Crippen LogP contribution in [0.3, 0.4) is 0 Å². The fraction of sp³-hybridized carbons (Fsp3) is 0.250. The van der Waals surface area contributed by atoms with Crippen molar-refractivity contribution >= 4 is 45.6 Å². The van der Waals surface area contributed by atoms with E-state index in [1.807, 2.05) is 6.92 Å². The third-order valence-electron chi connectivity index (χ3n) is 2.45. The van der Waals surface area contributed by atoms with Gasteiger partial charge in [0.2, 0.25) is 5.13 Å². The number of nitrogens with zero attached hydrogens (tertiary/aromatic N) is 2. The number of carbonyl (C=O) groups excluding carboxylic acids is 1. The lowest BCUT2D eigenvalue weighted by Gasteiger charge is -2.08. The lowest BCUT2D eigenvalue weighted by atomic mass is 10.2. The quantitative estimate of drug-likeness (QED) is 0.928. The third kappa shape index (κ3) is 3.20. The van der Waals surface area contributed by atoms with E-state index in [2.05, 4.69) is 15.5 Å². The van der Waals surface area contributed by atoms with E-state index in [-0.39, 0.29) is 16.0 Å². The minimum absolute atomic E-state index is 0.275. The fourth-order valence-electron chi connectivity index (χ4n) is 1.50. The number of anilines is 1. The maximum absolute atomic E-state index is 12.1. The fourth-order valence-corrected chi connectivity index (χ4v) is 2.82. The first kappa shape index (κ1) is 15.0. The number of rotatable bonds is 4. The summed E-state index contributed by atoms with van der Waals surface area (Å²) in [5.74, 6) is -0.00989. The Morgan fingerprint density at radius 2 is 2.00 bits per heavy atom. The Morgan fingerprint density at radius 1 is 1.35 bits per heavy atom. The summed E-state index contributed by atoms with van der Waals surface area (Å²) in [7, 11) is 1.46. The SMILES string of the molecule is CCc1nnc(NC(=O)c2cc(Cl)c(OC)c(Cl)c2)s1. The Labute approximate surface area is 129 Å². The van der Waals surface area contributed by atoms with Gasteiger partial charge in [-0.05, 0) is 18.6 Å². The molecule has 0 aliphatic rings. The van der Waals surface area contributed by atoms with Crippen LogP contribution < -0.4 is 10.1 Å². The van der Waals surface area contributed by atoms with Crippen molar-refractivity contribution in [1.29, 1.82) is 0 Å². The predicted octanol–water partition coefficient (Wildman–Crippen LogP) is 3.67. The van der Waals surface area contributed by atoms with Crippen LogP contribution in [0.5, 0.6) is 5.75 Å². The number of carbonyl (C=O) groups is 1. The molecule has 2 aromatic rings. The summed E-state index contributed by atoms with van der Waals surface area (Å²) >= 11 is 13.3. The minimum Gasteiger partial charge on any atom is -0.494 e. The Hall–Kier alpha value is -1.37. The summed E-state index contributed by atoms with van der Waals surface area (Å²) in [5, 5.41) is 12.3. The Kier molecular flexibility index (Phi) is 4.80. The van der Waals surface area contributed by atoms with Crippen molar-refractivity contribution in [2.24, 2.45) is 0 Å². The highest BCUT2D eigenvalue weighted by atomic mass is 35.5. The average Bonchev–Trinajstić information content (AvgIpc) is 2.86. The molecule has 0 spiro atoms. The molecule has 0 bridgehead atoms. The van der Waals surface area contributed by atoms with Crippen LogP contribution in [-0.2, 0) is 6.42 Å². The molecular formula is C12H11Cl2N3O2S. The number of hydrogen-bond donors (Lipinski definition) is 1. The van der Waals surface area contributed by atoms with Crippen LogP contribution in [0, 0.1) is 0 Å². The molecule has 5 nitrogen and oxygen atoms in total. The molecule has 1 heterocycles. The normalized spacial score (nSPS) is 10.4. The number of benzene rings is 1. The van der Waals surface area contributed by atoms with Crippen molar-refractivity contribution in [3.63, 3.8) is 0 Å².